The van der Waals surface area contributed by atoms with Crippen LogP contribution in [-0.2, 0) is 0 Å². The van der Waals surface area contributed by atoms with Crippen LogP contribution in [0, 0.1) is 6.92 Å². The van der Waals surface area contributed by atoms with E-state index in [2.05, 4.69) is 9.97 Å². The van der Waals surface area contributed by atoms with Crippen molar-refractivity contribution < 1.29 is 0 Å². The molecule has 0 bridgehead atoms. The van der Waals surface area contributed by atoms with Crippen molar-refractivity contribution >= 4 is 10.9 Å². The van der Waals surface area contributed by atoms with Gasteiger partial charge in [0.2, 0.25) is 0 Å². The summed E-state index contributed by atoms with van der Waals surface area (Å²) in [5.41, 5.74) is 7.94. The third-order valence-corrected chi connectivity index (χ3v) is 2.46. The number of fused-ring (bicyclic) bond motifs is 1. The van der Waals surface area contributed by atoms with E-state index in [1.807, 2.05) is 26.0 Å². The Kier molecular flexibility index (Phi) is 2.28. The Bertz CT molecular complexity index is 557. The number of nitrogens with two attached hydrogens (primary N) is 1. The molecule has 2 aromatic rings. The summed E-state index contributed by atoms with van der Waals surface area (Å²) < 4.78 is 0. The SMILES string of the molecule is Cc1ccnc2cc(C(C)N)[nH]c(=O)c12. The number of aryl methyl sites for hydroxylation is 1. The minimum absolute atomic E-state index is 0.120. The van der Waals surface area contributed by atoms with E-state index >= 15 is 0 Å². The van der Waals surface area contributed by atoms with Gasteiger partial charge < -0.3 is 10.7 Å². The molecule has 0 aromatic carbocycles. The fraction of sp³-hybridized carbons (Fsp3) is 0.273. The molecule has 0 aliphatic rings. The molecule has 3 N–H and O–H groups in total. The van der Waals surface area contributed by atoms with Gasteiger partial charge in [0.15, 0.2) is 0 Å². The summed E-state index contributed by atoms with van der Waals surface area (Å²) in [6.45, 7) is 3.72. The normalized spacial score (nSPS) is 13.0. The standard InChI is InChI=1S/C11H13N3O/c1-6-3-4-13-9-5-8(7(2)12)14-11(15)10(6)9/h3-5,7H,12H2,1-2H3,(H,14,15). The van der Waals surface area contributed by atoms with Crippen LogP contribution in [-0.4, -0.2) is 9.97 Å². The van der Waals surface area contributed by atoms with E-state index < -0.39 is 0 Å². The first-order valence-corrected chi connectivity index (χ1v) is 4.83. The Balaban J connectivity index is 2.85. The van der Waals surface area contributed by atoms with Crippen LogP contribution in [0.4, 0.5) is 0 Å². The number of rotatable bonds is 1. The van der Waals surface area contributed by atoms with Crippen molar-refractivity contribution in [2.24, 2.45) is 5.73 Å². The molecule has 0 aliphatic heterocycles. The second-order valence-corrected chi connectivity index (χ2v) is 3.73. The molecule has 1 unspecified atom stereocenters. The summed E-state index contributed by atoms with van der Waals surface area (Å²) in [6, 6.07) is 3.46. The second-order valence-electron chi connectivity index (χ2n) is 3.73. The van der Waals surface area contributed by atoms with Gasteiger partial charge in [-0.1, -0.05) is 0 Å². The molecule has 0 radical (unpaired) electrons. The van der Waals surface area contributed by atoms with Crippen molar-refractivity contribution in [3.8, 4) is 0 Å². The van der Waals surface area contributed by atoms with E-state index in [0.717, 1.165) is 5.56 Å². The van der Waals surface area contributed by atoms with Gasteiger partial charge in [0.1, 0.15) is 0 Å². The average molecular weight is 203 g/mol. The van der Waals surface area contributed by atoms with Crippen molar-refractivity contribution in [3.63, 3.8) is 0 Å². The van der Waals surface area contributed by atoms with Crippen molar-refractivity contribution in [1.82, 2.24) is 9.97 Å². The number of aromatic amines is 1. The first-order valence-electron chi connectivity index (χ1n) is 4.83. The van der Waals surface area contributed by atoms with Crippen molar-refractivity contribution in [3.05, 3.63) is 39.9 Å². The number of nitrogens with one attached hydrogen (secondary N) is 1. The zero-order chi connectivity index (χ0) is 11.0. The van der Waals surface area contributed by atoms with E-state index in [9.17, 15) is 4.79 Å². The molecule has 0 amide bonds. The molecule has 0 fully saturated rings. The zero-order valence-electron chi connectivity index (χ0n) is 8.74. The molecule has 0 saturated heterocycles. The Labute approximate surface area is 87.1 Å². The lowest BCUT2D eigenvalue weighted by atomic mass is 10.1. The molecule has 0 saturated carbocycles. The van der Waals surface area contributed by atoms with Crippen LogP contribution >= 0.6 is 0 Å². The fourth-order valence-corrected chi connectivity index (χ4v) is 1.61. The first-order chi connectivity index (χ1) is 7.09. The largest absolute Gasteiger partial charge is 0.324 e. The van der Waals surface area contributed by atoms with Gasteiger partial charge in [-0.05, 0) is 31.5 Å². The summed E-state index contributed by atoms with van der Waals surface area (Å²) >= 11 is 0. The highest BCUT2D eigenvalue weighted by atomic mass is 16.1. The van der Waals surface area contributed by atoms with Crippen LogP contribution < -0.4 is 11.3 Å². The Morgan fingerprint density at radius 2 is 2.27 bits per heavy atom. The summed E-state index contributed by atoms with van der Waals surface area (Å²) in [5, 5.41) is 0.641. The van der Waals surface area contributed by atoms with Gasteiger partial charge in [0, 0.05) is 17.9 Å². The van der Waals surface area contributed by atoms with Gasteiger partial charge in [0.05, 0.1) is 10.9 Å². The molecule has 2 heterocycles. The molecule has 2 rings (SSSR count). The smallest absolute Gasteiger partial charge is 0.257 e. The highest BCUT2D eigenvalue weighted by Gasteiger charge is 2.07. The molecule has 0 aliphatic carbocycles. The highest BCUT2D eigenvalue weighted by molar-refractivity contribution is 5.80. The van der Waals surface area contributed by atoms with Gasteiger partial charge in [0.25, 0.3) is 5.56 Å². The van der Waals surface area contributed by atoms with Gasteiger partial charge in [-0.25, -0.2) is 0 Å². The summed E-state index contributed by atoms with van der Waals surface area (Å²) in [5.74, 6) is 0. The quantitative estimate of drug-likeness (QED) is 0.732. The van der Waals surface area contributed by atoms with Gasteiger partial charge in [-0.2, -0.15) is 0 Å². The van der Waals surface area contributed by atoms with Crippen LogP contribution in [0.25, 0.3) is 10.9 Å². The Hall–Kier alpha value is -1.68. The number of H-pyrrole nitrogens is 1. The maximum atomic E-state index is 11.8. The number of hydrogen-bond acceptors (Lipinski definition) is 3. The van der Waals surface area contributed by atoms with Crippen molar-refractivity contribution in [1.29, 1.82) is 0 Å². The molecule has 4 heteroatoms. The Morgan fingerprint density at radius 3 is 2.93 bits per heavy atom. The average Bonchev–Trinajstić information content (AvgIpc) is 2.17. The number of aromatic nitrogens is 2. The number of hydrogen-bond donors (Lipinski definition) is 2. The lowest BCUT2D eigenvalue weighted by molar-refractivity contribution is 0.778. The predicted octanol–water partition coefficient (Wildman–Crippen LogP) is 1.25. The van der Waals surface area contributed by atoms with Crippen molar-refractivity contribution in [2.45, 2.75) is 19.9 Å². The van der Waals surface area contributed by atoms with Gasteiger partial charge >= 0.3 is 0 Å². The van der Waals surface area contributed by atoms with Crippen LogP contribution in [0.2, 0.25) is 0 Å². The van der Waals surface area contributed by atoms with Gasteiger partial charge in [-0.15, -0.1) is 0 Å². The minimum atomic E-state index is -0.190. The van der Waals surface area contributed by atoms with E-state index in [-0.39, 0.29) is 11.6 Å². The molecule has 1 atom stereocenters. The molecular formula is C11H13N3O. The van der Waals surface area contributed by atoms with Crippen molar-refractivity contribution in [2.75, 3.05) is 0 Å². The monoisotopic (exact) mass is 203 g/mol. The molecule has 4 nitrogen and oxygen atoms in total. The number of pyridine rings is 2. The van der Waals surface area contributed by atoms with E-state index in [1.165, 1.54) is 0 Å². The van der Waals surface area contributed by atoms with Crippen LogP contribution in [0.3, 0.4) is 0 Å². The maximum absolute atomic E-state index is 11.8. The molecule has 0 spiro atoms. The van der Waals surface area contributed by atoms with Crippen LogP contribution in [0.5, 0.6) is 0 Å². The molecular weight excluding hydrogens is 190 g/mol. The summed E-state index contributed by atoms with van der Waals surface area (Å²) in [6.07, 6.45) is 1.70. The predicted molar refractivity (Wildman–Crippen MR) is 59.7 cm³/mol. The lowest BCUT2D eigenvalue weighted by Gasteiger charge is -2.07. The topological polar surface area (TPSA) is 71.8 Å². The highest BCUT2D eigenvalue weighted by Crippen LogP contribution is 2.14. The van der Waals surface area contributed by atoms with E-state index in [1.54, 1.807) is 6.20 Å². The molecule has 78 valence electrons. The molecule has 2 aromatic heterocycles. The zero-order valence-corrected chi connectivity index (χ0v) is 8.74. The van der Waals surface area contributed by atoms with Gasteiger partial charge in [-0.3, -0.25) is 9.78 Å². The molecule has 15 heavy (non-hydrogen) atoms. The van der Waals surface area contributed by atoms with Crippen LogP contribution in [0.1, 0.15) is 24.2 Å². The third-order valence-electron chi connectivity index (χ3n) is 2.46. The third kappa shape index (κ3) is 1.64. The van der Waals surface area contributed by atoms with Crippen LogP contribution in [0.15, 0.2) is 23.1 Å². The maximum Gasteiger partial charge on any atom is 0.257 e. The summed E-state index contributed by atoms with van der Waals surface area (Å²) in [7, 11) is 0. The van der Waals surface area contributed by atoms with E-state index in [4.69, 9.17) is 5.73 Å². The number of nitrogens with zero attached hydrogens (tertiary/aromatic N) is 1. The van der Waals surface area contributed by atoms with E-state index in [0.29, 0.717) is 16.6 Å². The first kappa shape index (κ1) is 9.86. The second kappa shape index (κ2) is 3.47. The lowest BCUT2D eigenvalue weighted by Crippen LogP contribution is -2.16. The fourth-order valence-electron chi connectivity index (χ4n) is 1.61. The summed E-state index contributed by atoms with van der Waals surface area (Å²) in [4.78, 5) is 18.7. The minimum Gasteiger partial charge on any atom is -0.324 e. The Morgan fingerprint density at radius 1 is 1.53 bits per heavy atom.